The van der Waals surface area contributed by atoms with Gasteiger partial charge >= 0.3 is 0 Å². The minimum absolute atomic E-state index is 0.0848. The molecule has 0 aliphatic rings. The van der Waals surface area contributed by atoms with Crippen molar-refractivity contribution in [3.05, 3.63) is 0 Å². The zero-order chi connectivity index (χ0) is 8.69. The van der Waals surface area contributed by atoms with Gasteiger partial charge in [0.2, 0.25) is 0 Å². The van der Waals surface area contributed by atoms with Crippen LogP contribution >= 0.6 is 0 Å². The number of hydrogen-bond donors (Lipinski definition) is 2. The molecule has 0 saturated carbocycles. The van der Waals surface area contributed by atoms with Crippen molar-refractivity contribution in [3.63, 3.8) is 0 Å². The van der Waals surface area contributed by atoms with E-state index in [2.05, 4.69) is 0 Å². The second-order valence-electron chi connectivity index (χ2n) is 2.78. The van der Waals surface area contributed by atoms with E-state index in [0.29, 0.717) is 12.8 Å². The second-order valence-corrected chi connectivity index (χ2v) is 2.78. The van der Waals surface area contributed by atoms with Crippen LogP contribution < -0.4 is 0 Å². The van der Waals surface area contributed by atoms with E-state index >= 15 is 0 Å². The molecule has 0 unspecified atom stereocenters. The Morgan fingerprint density at radius 3 is 1.64 bits per heavy atom. The first-order valence-electron chi connectivity index (χ1n) is 4.08. The third kappa shape index (κ3) is 6.28. The van der Waals surface area contributed by atoms with Gasteiger partial charge in [0, 0.05) is 13.2 Å². The Morgan fingerprint density at radius 1 is 1.00 bits per heavy atom. The molecule has 0 saturated heterocycles. The maximum atomic E-state index is 8.55. The number of ether oxygens (including phenoxy) is 1. The highest BCUT2D eigenvalue weighted by Crippen LogP contribution is 2.04. The van der Waals surface area contributed by atoms with Gasteiger partial charge in [-0.1, -0.05) is 0 Å². The fourth-order valence-corrected chi connectivity index (χ4v) is 0.896. The number of rotatable bonds is 6. The first-order valence-corrected chi connectivity index (χ1v) is 4.08. The van der Waals surface area contributed by atoms with Gasteiger partial charge in [0.15, 0.2) is 0 Å². The summed E-state index contributed by atoms with van der Waals surface area (Å²) in [7, 11) is 0. The summed E-state index contributed by atoms with van der Waals surface area (Å²) in [5.41, 5.74) is 0. The molecule has 0 rings (SSSR count). The van der Waals surface area contributed by atoms with Gasteiger partial charge in [0.25, 0.3) is 0 Å². The van der Waals surface area contributed by atoms with Crippen LogP contribution in [0.3, 0.4) is 0 Å². The standard InChI is InChI=1S/C8H18O3/c1-7(3-5-9)11-8(2)4-6-10/h7-10H,3-6H2,1-2H3/t7-,8-/m1/s1. The maximum Gasteiger partial charge on any atom is 0.0572 e. The van der Waals surface area contributed by atoms with Crippen molar-refractivity contribution in [1.29, 1.82) is 0 Å². The molecule has 0 spiro atoms. The zero-order valence-electron chi connectivity index (χ0n) is 7.29. The first-order chi connectivity index (χ1) is 5.20. The molecular formula is C8H18O3. The van der Waals surface area contributed by atoms with E-state index in [0.717, 1.165) is 0 Å². The molecule has 0 radical (unpaired) electrons. The van der Waals surface area contributed by atoms with Crippen LogP contribution in [0.1, 0.15) is 26.7 Å². The predicted molar refractivity (Wildman–Crippen MR) is 43.4 cm³/mol. The van der Waals surface area contributed by atoms with Crippen LogP contribution in [-0.2, 0) is 4.74 Å². The lowest BCUT2D eigenvalue weighted by Crippen LogP contribution is -2.19. The third-order valence-corrected chi connectivity index (χ3v) is 1.54. The van der Waals surface area contributed by atoms with Crippen LogP contribution in [0.5, 0.6) is 0 Å². The van der Waals surface area contributed by atoms with Crippen LogP contribution in [0, 0.1) is 0 Å². The van der Waals surface area contributed by atoms with E-state index < -0.39 is 0 Å². The Bertz CT molecular complexity index is 75.4. The lowest BCUT2D eigenvalue weighted by atomic mass is 10.2. The average molecular weight is 162 g/mol. The minimum Gasteiger partial charge on any atom is -0.396 e. The monoisotopic (exact) mass is 162 g/mol. The van der Waals surface area contributed by atoms with Gasteiger partial charge in [-0.2, -0.15) is 0 Å². The molecule has 0 fully saturated rings. The van der Waals surface area contributed by atoms with Crippen molar-refractivity contribution in [3.8, 4) is 0 Å². The van der Waals surface area contributed by atoms with E-state index in [1.807, 2.05) is 13.8 Å². The molecule has 2 N–H and O–H groups in total. The Labute approximate surface area is 68.0 Å². The summed E-state index contributed by atoms with van der Waals surface area (Å²) in [4.78, 5) is 0. The van der Waals surface area contributed by atoms with E-state index in [-0.39, 0.29) is 25.4 Å². The fraction of sp³-hybridized carbons (Fsp3) is 1.00. The number of aliphatic hydroxyl groups excluding tert-OH is 2. The lowest BCUT2D eigenvalue weighted by molar-refractivity contribution is -0.0138. The van der Waals surface area contributed by atoms with Crippen molar-refractivity contribution in [1.82, 2.24) is 0 Å². The van der Waals surface area contributed by atoms with Gasteiger partial charge < -0.3 is 14.9 Å². The Hall–Kier alpha value is -0.120. The summed E-state index contributed by atoms with van der Waals surface area (Å²) >= 11 is 0. The third-order valence-electron chi connectivity index (χ3n) is 1.54. The van der Waals surface area contributed by atoms with Crippen LogP contribution in [-0.4, -0.2) is 35.6 Å². The van der Waals surface area contributed by atoms with Gasteiger partial charge in [-0.05, 0) is 26.7 Å². The van der Waals surface area contributed by atoms with Crippen molar-refractivity contribution >= 4 is 0 Å². The van der Waals surface area contributed by atoms with E-state index in [1.165, 1.54) is 0 Å². The molecule has 0 heterocycles. The Kier molecular flexibility index (Phi) is 6.51. The second kappa shape index (κ2) is 6.58. The summed E-state index contributed by atoms with van der Waals surface area (Å²) in [6.45, 7) is 4.16. The zero-order valence-corrected chi connectivity index (χ0v) is 7.29. The van der Waals surface area contributed by atoms with Gasteiger partial charge in [-0.3, -0.25) is 0 Å². The van der Waals surface area contributed by atoms with Crippen LogP contribution in [0.25, 0.3) is 0 Å². The van der Waals surface area contributed by atoms with E-state index in [4.69, 9.17) is 14.9 Å². The SMILES string of the molecule is C[C@H](CCO)O[C@H](C)CCO. The predicted octanol–water partition coefficient (Wildman–Crippen LogP) is 0.545. The van der Waals surface area contributed by atoms with E-state index in [1.54, 1.807) is 0 Å². The molecule has 0 aliphatic carbocycles. The molecule has 0 aromatic carbocycles. The summed E-state index contributed by atoms with van der Waals surface area (Å²) in [5, 5.41) is 17.1. The highest BCUT2D eigenvalue weighted by Gasteiger charge is 2.06. The molecule has 0 aliphatic heterocycles. The molecule has 2 atom stereocenters. The quantitative estimate of drug-likeness (QED) is 0.599. The molecule has 0 aromatic heterocycles. The smallest absolute Gasteiger partial charge is 0.0572 e. The lowest BCUT2D eigenvalue weighted by Gasteiger charge is -2.17. The maximum absolute atomic E-state index is 8.55. The molecule has 0 aromatic rings. The van der Waals surface area contributed by atoms with Gasteiger partial charge in [0.1, 0.15) is 0 Å². The van der Waals surface area contributed by atoms with Crippen LogP contribution in [0.4, 0.5) is 0 Å². The molecule has 0 amide bonds. The molecule has 3 heteroatoms. The fourth-order valence-electron chi connectivity index (χ4n) is 0.896. The number of hydrogen-bond acceptors (Lipinski definition) is 3. The number of aliphatic hydroxyl groups is 2. The molecule has 11 heavy (non-hydrogen) atoms. The van der Waals surface area contributed by atoms with Crippen molar-refractivity contribution in [2.75, 3.05) is 13.2 Å². The largest absolute Gasteiger partial charge is 0.396 e. The van der Waals surface area contributed by atoms with Gasteiger partial charge in [0.05, 0.1) is 12.2 Å². The summed E-state index contributed by atoms with van der Waals surface area (Å²) in [6, 6.07) is 0. The van der Waals surface area contributed by atoms with Gasteiger partial charge in [-0.15, -0.1) is 0 Å². The summed E-state index contributed by atoms with van der Waals surface area (Å²) in [6.07, 6.45) is 1.49. The van der Waals surface area contributed by atoms with E-state index in [9.17, 15) is 0 Å². The Balaban J connectivity index is 3.32. The van der Waals surface area contributed by atoms with Crippen LogP contribution in [0.15, 0.2) is 0 Å². The molecule has 68 valence electrons. The van der Waals surface area contributed by atoms with Gasteiger partial charge in [-0.25, -0.2) is 0 Å². The minimum atomic E-state index is 0.0848. The Morgan fingerprint density at radius 2 is 1.36 bits per heavy atom. The van der Waals surface area contributed by atoms with Crippen molar-refractivity contribution < 1.29 is 14.9 Å². The van der Waals surface area contributed by atoms with Crippen molar-refractivity contribution in [2.45, 2.75) is 38.9 Å². The van der Waals surface area contributed by atoms with Crippen LogP contribution in [0.2, 0.25) is 0 Å². The highest BCUT2D eigenvalue weighted by atomic mass is 16.5. The van der Waals surface area contributed by atoms with Crippen molar-refractivity contribution in [2.24, 2.45) is 0 Å². The first kappa shape index (κ1) is 10.9. The molecular weight excluding hydrogens is 144 g/mol. The molecule has 3 nitrogen and oxygen atoms in total. The summed E-state index contributed by atoms with van der Waals surface area (Å²) < 4.78 is 5.41. The highest BCUT2D eigenvalue weighted by molar-refractivity contribution is 4.54. The summed E-state index contributed by atoms with van der Waals surface area (Å²) in [5.74, 6) is 0. The topological polar surface area (TPSA) is 49.7 Å². The molecule has 0 bridgehead atoms. The normalized spacial score (nSPS) is 16.4. The average Bonchev–Trinajstić information content (AvgIpc) is 1.87.